The Hall–Kier alpha value is -3.97. The van der Waals surface area contributed by atoms with Crippen LogP contribution in [-0.4, -0.2) is 30.5 Å². The molecule has 1 N–H and O–H groups in total. The topological polar surface area (TPSA) is 77.6 Å². The van der Waals surface area contributed by atoms with Gasteiger partial charge >= 0.3 is 0 Å². The van der Waals surface area contributed by atoms with Crippen molar-refractivity contribution in [3.8, 4) is 11.3 Å². The summed E-state index contributed by atoms with van der Waals surface area (Å²) in [5.74, 6) is -0.195. The predicted molar refractivity (Wildman–Crippen MR) is 134 cm³/mol. The Morgan fingerprint density at radius 1 is 1.06 bits per heavy atom. The number of halogens is 1. The number of fused-ring (bicyclic) bond motifs is 1. The van der Waals surface area contributed by atoms with Gasteiger partial charge in [-0.3, -0.25) is 14.2 Å². The highest BCUT2D eigenvalue weighted by Crippen LogP contribution is 2.28. The van der Waals surface area contributed by atoms with Gasteiger partial charge in [0.2, 0.25) is 0 Å². The van der Waals surface area contributed by atoms with Crippen molar-refractivity contribution >= 4 is 34.1 Å². The molecule has 5 rings (SSSR count). The molecule has 0 radical (unpaired) electrons. The molecule has 8 heteroatoms. The van der Waals surface area contributed by atoms with E-state index in [1.165, 1.54) is 0 Å². The van der Waals surface area contributed by atoms with Crippen LogP contribution in [0.15, 0.2) is 73.2 Å². The van der Waals surface area contributed by atoms with Crippen molar-refractivity contribution in [1.29, 1.82) is 0 Å². The van der Waals surface area contributed by atoms with Gasteiger partial charge in [0, 0.05) is 35.1 Å². The number of aryl methyl sites for hydroxylation is 1. The predicted octanol–water partition coefficient (Wildman–Crippen LogP) is 5.58. The van der Waals surface area contributed by atoms with Crippen LogP contribution in [0.2, 0.25) is 5.02 Å². The summed E-state index contributed by atoms with van der Waals surface area (Å²) in [5.41, 5.74) is 5.69. The second-order valence-corrected chi connectivity index (χ2v) is 8.48. The molecule has 3 aromatic heterocycles. The van der Waals surface area contributed by atoms with Crippen molar-refractivity contribution in [2.24, 2.45) is 0 Å². The number of nitrogens with one attached hydrogen (secondary N) is 1. The fraction of sp³-hybridized carbons (Fsp3) is 0.154. The minimum absolute atomic E-state index is 0.195. The van der Waals surface area contributed by atoms with Gasteiger partial charge in [0.05, 0.1) is 40.7 Å². The van der Waals surface area contributed by atoms with Crippen molar-refractivity contribution in [3.05, 3.63) is 95.0 Å². The number of para-hydroxylation sites is 1. The highest BCUT2D eigenvalue weighted by atomic mass is 35.5. The van der Waals surface area contributed by atoms with E-state index in [0.29, 0.717) is 22.8 Å². The summed E-state index contributed by atoms with van der Waals surface area (Å²) in [5, 5.41) is 13.1. The van der Waals surface area contributed by atoms with Gasteiger partial charge < -0.3 is 5.32 Å². The van der Waals surface area contributed by atoms with Gasteiger partial charge in [-0.1, -0.05) is 41.9 Å². The van der Waals surface area contributed by atoms with Crippen LogP contribution in [0.1, 0.15) is 28.5 Å². The maximum Gasteiger partial charge on any atom is 0.256 e. The molecule has 34 heavy (non-hydrogen) atoms. The molecule has 1 amide bonds. The minimum atomic E-state index is -0.195. The molecule has 5 aromatic rings. The summed E-state index contributed by atoms with van der Waals surface area (Å²) in [6.45, 7) is 5.39. The fourth-order valence-corrected chi connectivity index (χ4v) is 4.23. The van der Waals surface area contributed by atoms with E-state index >= 15 is 0 Å². The molecule has 3 heterocycles. The Balaban J connectivity index is 1.48. The number of aromatic nitrogens is 5. The third-order valence-electron chi connectivity index (χ3n) is 5.77. The lowest BCUT2D eigenvalue weighted by Crippen LogP contribution is -2.13. The molecule has 0 bridgehead atoms. The Bertz CT molecular complexity index is 1500. The van der Waals surface area contributed by atoms with Crippen LogP contribution >= 0.6 is 11.6 Å². The highest BCUT2D eigenvalue weighted by Gasteiger charge is 2.17. The molecule has 0 spiro atoms. The summed E-state index contributed by atoms with van der Waals surface area (Å²) in [6.07, 6.45) is 5.17. The highest BCUT2D eigenvalue weighted by molar-refractivity contribution is 6.30. The van der Waals surface area contributed by atoms with Crippen LogP contribution in [0.3, 0.4) is 0 Å². The first kappa shape index (κ1) is 21.9. The van der Waals surface area contributed by atoms with E-state index in [9.17, 15) is 4.79 Å². The molecule has 170 valence electrons. The average molecular weight is 471 g/mol. The van der Waals surface area contributed by atoms with Crippen LogP contribution in [0.5, 0.6) is 0 Å². The second-order valence-electron chi connectivity index (χ2n) is 8.04. The number of hydrogen-bond acceptors (Lipinski definition) is 4. The maximum absolute atomic E-state index is 13.4. The van der Waals surface area contributed by atoms with Crippen molar-refractivity contribution < 1.29 is 4.79 Å². The molecular weight excluding hydrogens is 448 g/mol. The second kappa shape index (κ2) is 9.11. The van der Waals surface area contributed by atoms with E-state index in [4.69, 9.17) is 16.6 Å². The summed E-state index contributed by atoms with van der Waals surface area (Å²) in [6, 6.07) is 17.2. The number of benzene rings is 2. The zero-order valence-electron chi connectivity index (χ0n) is 18.9. The van der Waals surface area contributed by atoms with E-state index in [1.807, 2.05) is 79.3 Å². The van der Waals surface area contributed by atoms with Crippen molar-refractivity contribution in [2.75, 3.05) is 5.32 Å². The number of carbonyl (C=O) groups excluding carboxylic acids is 1. The number of amides is 1. The Labute approximate surface area is 202 Å². The first-order valence-corrected chi connectivity index (χ1v) is 11.4. The summed E-state index contributed by atoms with van der Waals surface area (Å²) in [7, 11) is 0. The molecule has 0 aliphatic heterocycles. The van der Waals surface area contributed by atoms with Gasteiger partial charge in [-0.2, -0.15) is 10.2 Å². The van der Waals surface area contributed by atoms with Crippen molar-refractivity contribution in [3.63, 3.8) is 0 Å². The zero-order valence-corrected chi connectivity index (χ0v) is 19.6. The molecule has 0 atom stereocenters. The van der Waals surface area contributed by atoms with E-state index in [-0.39, 0.29) is 5.91 Å². The van der Waals surface area contributed by atoms with Gasteiger partial charge in [0.25, 0.3) is 5.91 Å². The smallest absolute Gasteiger partial charge is 0.256 e. The fourth-order valence-electron chi connectivity index (χ4n) is 4.08. The Morgan fingerprint density at radius 3 is 2.68 bits per heavy atom. The molecule has 0 fully saturated rings. The van der Waals surface area contributed by atoms with Gasteiger partial charge in [-0.05, 0) is 43.7 Å². The third kappa shape index (κ3) is 4.30. The van der Waals surface area contributed by atoms with Crippen LogP contribution in [0, 0.1) is 6.92 Å². The number of carbonyl (C=O) groups is 1. The Kier molecular flexibility index (Phi) is 5.86. The van der Waals surface area contributed by atoms with Gasteiger partial charge in [0.1, 0.15) is 0 Å². The summed E-state index contributed by atoms with van der Waals surface area (Å²) >= 11 is 5.97. The molecule has 2 aromatic carbocycles. The number of hydrogen-bond donors (Lipinski definition) is 1. The van der Waals surface area contributed by atoms with Crippen LogP contribution in [-0.2, 0) is 13.1 Å². The number of nitrogens with zero attached hydrogens (tertiary/aromatic N) is 5. The van der Waals surface area contributed by atoms with E-state index < -0.39 is 0 Å². The monoisotopic (exact) mass is 470 g/mol. The van der Waals surface area contributed by atoms with Gasteiger partial charge in [-0.15, -0.1) is 0 Å². The normalized spacial score (nSPS) is 11.1. The molecule has 0 unspecified atom stereocenters. The standard InChI is InChI=1S/C26H23ClN6O/c1-3-33-17(2)23(14-29-33)25-12-22(21-9-4-5-10-24(21)31-25)26(34)30-20-8-6-7-18(11-20)15-32-16-19(27)13-28-32/h4-14,16H,3,15H2,1-2H3,(H,30,34). The number of rotatable bonds is 6. The van der Waals surface area contributed by atoms with Crippen molar-refractivity contribution in [1.82, 2.24) is 24.5 Å². The molecule has 0 saturated heterocycles. The van der Waals surface area contributed by atoms with E-state index in [0.717, 1.165) is 40.0 Å². The molecule has 7 nitrogen and oxygen atoms in total. The number of anilines is 1. The quantitative estimate of drug-likeness (QED) is 0.351. The summed E-state index contributed by atoms with van der Waals surface area (Å²) in [4.78, 5) is 18.2. The zero-order chi connectivity index (χ0) is 23.7. The SMILES string of the molecule is CCn1ncc(-c2cc(C(=O)Nc3cccc(Cn4cc(Cl)cn4)c3)c3ccccc3n2)c1C. The van der Waals surface area contributed by atoms with Crippen LogP contribution < -0.4 is 5.32 Å². The first-order chi connectivity index (χ1) is 16.5. The average Bonchev–Trinajstić information content (AvgIpc) is 3.42. The lowest BCUT2D eigenvalue weighted by atomic mass is 10.0. The Morgan fingerprint density at radius 2 is 1.91 bits per heavy atom. The minimum Gasteiger partial charge on any atom is -0.322 e. The van der Waals surface area contributed by atoms with Crippen molar-refractivity contribution in [2.45, 2.75) is 26.9 Å². The largest absolute Gasteiger partial charge is 0.322 e. The first-order valence-electron chi connectivity index (χ1n) is 11.0. The van der Waals surface area contributed by atoms with Gasteiger partial charge in [-0.25, -0.2) is 4.98 Å². The van der Waals surface area contributed by atoms with Crippen LogP contribution in [0.4, 0.5) is 5.69 Å². The van der Waals surface area contributed by atoms with E-state index in [1.54, 1.807) is 17.1 Å². The molecule has 0 saturated carbocycles. The summed E-state index contributed by atoms with van der Waals surface area (Å²) < 4.78 is 3.68. The van der Waals surface area contributed by atoms with Crippen LogP contribution in [0.25, 0.3) is 22.2 Å². The molecule has 0 aliphatic rings. The third-order valence-corrected chi connectivity index (χ3v) is 5.97. The van der Waals surface area contributed by atoms with E-state index in [2.05, 4.69) is 15.5 Å². The van der Waals surface area contributed by atoms with Gasteiger partial charge in [0.15, 0.2) is 0 Å². The molecule has 0 aliphatic carbocycles. The maximum atomic E-state index is 13.4. The molecular formula is C26H23ClN6O. The number of pyridine rings is 1. The lowest BCUT2D eigenvalue weighted by molar-refractivity contribution is 0.102. The lowest BCUT2D eigenvalue weighted by Gasteiger charge is -2.12.